The molecule has 0 radical (unpaired) electrons. The number of nitrogens with zero attached hydrogens (tertiary/aromatic N) is 4. The maximum absolute atomic E-state index is 14.3. The minimum Gasteiger partial charge on any atom is -0.363 e. The first-order chi connectivity index (χ1) is 16.0. The van der Waals surface area contributed by atoms with Crippen molar-refractivity contribution in [3.8, 4) is 0 Å². The van der Waals surface area contributed by atoms with Crippen LogP contribution in [0.15, 0.2) is 35.5 Å². The Labute approximate surface area is 192 Å². The van der Waals surface area contributed by atoms with Crippen molar-refractivity contribution in [3.05, 3.63) is 76.5 Å². The van der Waals surface area contributed by atoms with Crippen LogP contribution in [0.3, 0.4) is 0 Å². The van der Waals surface area contributed by atoms with E-state index >= 15 is 0 Å². The summed E-state index contributed by atoms with van der Waals surface area (Å²) in [5.74, 6) is -9.07. The van der Waals surface area contributed by atoms with Crippen LogP contribution in [0, 0.1) is 36.0 Å². The zero-order valence-electron chi connectivity index (χ0n) is 18.1. The number of hydrogen-bond acceptors (Lipinski definition) is 6. The lowest BCUT2D eigenvalue weighted by Gasteiger charge is -2.32. The van der Waals surface area contributed by atoms with Crippen LogP contribution in [0.25, 0.3) is 0 Å². The average molecular weight is 498 g/mol. The van der Waals surface area contributed by atoms with E-state index in [4.69, 9.17) is 0 Å². The number of halogens is 5. The summed E-state index contributed by atoms with van der Waals surface area (Å²) in [5.41, 5.74) is 0.706. The van der Waals surface area contributed by atoms with E-state index in [1.807, 2.05) is 0 Å². The highest BCUT2D eigenvalue weighted by atomic mass is 32.2. The molecule has 6 nitrogen and oxygen atoms in total. The number of aromatic nitrogens is 2. The molecule has 12 heteroatoms. The standard InChI is InChI=1S/C22H19F5N4O2S/c1-12-17(24)18(25)19(26)20(27)21(12)34(32,33)11-30(2)22-13-7-8-31(9-15(13)28-10-29-22)16-6-4-3-5-14(16)23/h3-6,10H,7-9,11H2,1-2H3. The molecule has 2 aromatic carbocycles. The zero-order valence-corrected chi connectivity index (χ0v) is 18.9. The first kappa shape index (κ1) is 23.9. The number of fused-ring (bicyclic) bond motifs is 1. The molecule has 4 rings (SSSR count). The molecular weight excluding hydrogens is 479 g/mol. The second kappa shape index (κ2) is 8.82. The fourth-order valence-corrected chi connectivity index (χ4v) is 5.73. The predicted octanol–water partition coefficient (Wildman–Crippen LogP) is 3.91. The first-order valence-corrected chi connectivity index (χ1v) is 11.8. The largest absolute Gasteiger partial charge is 0.363 e. The maximum atomic E-state index is 14.3. The first-order valence-electron chi connectivity index (χ1n) is 10.1. The molecule has 0 spiro atoms. The van der Waals surface area contributed by atoms with Crippen molar-refractivity contribution in [2.75, 3.05) is 29.3 Å². The molecule has 2 heterocycles. The van der Waals surface area contributed by atoms with E-state index in [2.05, 4.69) is 9.97 Å². The molecule has 0 aliphatic carbocycles. The van der Waals surface area contributed by atoms with Crippen LogP contribution in [0.1, 0.15) is 16.8 Å². The third-order valence-corrected chi connectivity index (χ3v) is 7.50. The molecule has 0 bridgehead atoms. The molecule has 0 saturated carbocycles. The molecule has 3 aromatic rings. The fourth-order valence-electron chi connectivity index (χ4n) is 4.05. The lowest BCUT2D eigenvalue weighted by molar-refractivity contribution is 0.392. The van der Waals surface area contributed by atoms with Crippen LogP contribution in [-0.4, -0.2) is 37.9 Å². The predicted molar refractivity (Wildman–Crippen MR) is 115 cm³/mol. The Hall–Kier alpha value is -3.28. The van der Waals surface area contributed by atoms with E-state index in [1.165, 1.54) is 24.3 Å². The smallest absolute Gasteiger partial charge is 0.199 e. The molecule has 1 aromatic heterocycles. The second-order valence-corrected chi connectivity index (χ2v) is 9.79. The number of hydrogen-bond donors (Lipinski definition) is 0. The van der Waals surface area contributed by atoms with Gasteiger partial charge >= 0.3 is 0 Å². The van der Waals surface area contributed by atoms with Crippen LogP contribution >= 0.6 is 0 Å². The summed E-state index contributed by atoms with van der Waals surface area (Å²) in [4.78, 5) is 10.1. The molecule has 0 fully saturated rings. The molecule has 0 saturated heterocycles. The van der Waals surface area contributed by atoms with Gasteiger partial charge in [-0.15, -0.1) is 0 Å². The van der Waals surface area contributed by atoms with E-state index in [9.17, 15) is 30.4 Å². The van der Waals surface area contributed by atoms with Crippen LogP contribution in [0.5, 0.6) is 0 Å². The van der Waals surface area contributed by atoms with Crippen molar-refractivity contribution < 1.29 is 30.4 Å². The van der Waals surface area contributed by atoms with Crippen LogP contribution in [0.2, 0.25) is 0 Å². The van der Waals surface area contributed by atoms with Crippen molar-refractivity contribution >= 4 is 21.3 Å². The van der Waals surface area contributed by atoms with Crippen molar-refractivity contribution in [3.63, 3.8) is 0 Å². The average Bonchev–Trinajstić information content (AvgIpc) is 2.80. The SMILES string of the molecule is Cc1c(F)c(F)c(F)c(F)c1S(=O)(=O)CN(C)c1ncnc2c1CCN(c1ccccc1F)C2. The van der Waals surface area contributed by atoms with Gasteiger partial charge < -0.3 is 9.80 Å². The van der Waals surface area contributed by atoms with Gasteiger partial charge in [-0.05, 0) is 25.5 Å². The van der Waals surface area contributed by atoms with Gasteiger partial charge in [-0.2, -0.15) is 0 Å². The summed E-state index contributed by atoms with van der Waals surface area (Å²) < 4.78 is 95.4. The lowest BCUT2D eigenvalue weighted by Crippen LogP contribution is -2.35. The quantitative estimate of drug-likeness (QED) is 0.230. The monoisotopic (exact) mass is 498 g/mol. The Bertz CT molecular complexity index is 1350. The minimum atomic E-state index is -4.63. The number of rotatable bonds is 5. The molecule has 1 aliphatic heterocycles. The molecule has 0 unspecified atom stereocenters. The van der Waals surface area contributed by atoms with Crippen LogP contribution in [-0.2, 0) is 22.8 Å². The molecule has 180 valence electrons. The number of sulfone groups is 1. The van der Waals surface area contributed by atoms with Gasteiger partial charge in [0.1, 0.15) is 28.7 Å². The van der Waals surface area contributed by atoms with E-state index in [0.29, 0.717) is 29.9 Å². The topological polar surface area (TPSA) is 66.4 Å². The zero-order chi connectivity index (χ0) is 24.8. The summed E-state index contributed by atoms with van der Waals surface area (Å²) in [6.45, 7) is 1.50. The number of benzene rings is 2. The van der Waals surface area contributed by atoms with Crippen LogP contribution in [0.4, 0.5) is 33.5 Å². The normalized spacial score (nSPS) is 13.7. The highest BCUT2D eigenvalue weighted by molar-refractivity contribution is 7.91. The summed E-state index contributed by atoms with van der Waals surface area (Å²) in [6, 6.07) is 6.27. The molecule has 0 amide bonds. The third kappa shape index (κ3) is 4.06. The Balaban J connectivity index is 1.65. The van der Waals surface area contributed by atoms with Gasteiger partial charge in [0.25, 0.3) is 0 Å². The molecule has 1 aliphatic rings. The summed E-state index contributed by atoms with van der Waals surface area (Å²) in [5, 5.41) is 0. The Morgan fingerprint density at radius 3 is 2.38 bits per heavy atom. The summed E-state index contributed by atoms with van der Waals surface area (Å²) in [7, 11) is -3.26. The maximum Gasteiger partial charge on any atom is 0.199 e. The van der Waals surface area contributed by atoms with E-state index < -0.39 is 49.4 Å². The van der Waals surface area contributed by atoms with E-state index in [0.717, 1.165) is 6.92 Å². The molecular formula is C22H19F5N4O2S. The van der Waals surface area contributed by atoms with Gasteiger partial charge in [-0.1, -0.05) is 12.1 Å². The minimum absolute atomic E-state index is 0.225. The highest BCUT2D eigenvalue weighted by Crippen LogP contribution is 2.32. The lowest BCUT2D eigenvalue weighted by atomic mass is 10.0. The third-order valence-electron chi connectivity index (χ3n) is 5.66. The van der Waals surface area contributed by atoms with Gasteiger partial charge in [-0.3, -0.25) is 0 Å². The molecule has 0 N–H and O–H groups in total. The number of anilines is 2. The Morgan fingerprint density at radius 1 is 1.00 bits per heavy atom. The van der Waals surface area contributed by atoms with Crippen molar-refractivity contribution in [2.45, 2.75) is 24.8 Å². The fraction of sp³-hybridized carbons (Fsp3) is 0.273. The highest BCUT2D eigenvalue weighted by Gasteiger charge is 2.33. The van der Waals surface area contributed by atoms with Crippen molar-refractivity contribution in [2.24, 2.45) is 0 Å². The van der Waals surface area contributed by atoms with Gasteiger partial charge in [0, 0.05) is 24.7 Å². The molecule has 34 heavy (non-hydrogen) atoms. The Kier molecular flexibility index (Phi) is 6.19. The van der Waals surface area contributed by atoms with Gasteiger partial charge in [-0.25, -0.2) is 40.3 Å². The molecule has 0 atom stereocenters. The number of para-hydroxylation sites is 1. The van der Waals surface area contributed by atoms with Gasteiger partial charge in [0.05, 0.1) is 17.9 Å². The Morgan fingerprint density at radius 2 is 1.68 bits per heavy atom. The van der Waals surface area contributed by atoms with Gasteiger partial charge in [0.15, 0.2) is 33.1 Å². The van der Waals surface area contributed by atoms with E-state index in [-0.39, 0.29) is 18.2 Å². The van der Waals surface area contributed by atoms with Crippen molar-refractivity contribution in [1.82, 2.24) is 9.97 Å². The van der Waals surface area contributed by atoms with Gasteiger partial charge in [0.2, 0.25) is 0 Å². The summed E-state index contributed by atoms with van der Waals surface area (Å²) in [6.07, 6.45) is 1.57. The van der Waals surface area contributed by atoms with Crippen LogP contribution < -0.4 is 9.80 Å². The van der Waals surface area contributed by atoms with E-state index in [1.54, 1.807) is 23.1 Å². The second-order valence-electron chi connectivity index (χ2n) is 7.90. The summed E-state index contributed by atoms with van der Waals surface area (Å²) >= 11 is 0. The van der Waals surface area contributed by atoms with Crippen molar-refractivity contribution in [1.29, 1.82) is 0 Å².